The first-order chi connectivity index (χ1) is 29.8. The van der Waals surface area contributed by atoms with Gasteiger partial charge < -0.3 is 23.7 Å². The van der Waals surface area contributed by atoms with Crippen molar-refractivity contribution in [2.24, 2.45) is 0 Å². The Balaban J connectivity index is 1.04. The third-order valence-electron chi connectivity index (χ3n) is 10.7. The van der Waals surface area contributed by atoms with Crippen LogP contribution in [0.15, 0.2) is 174 Å². The lowest BCUT2D eigenvalue weighted by Crippen LogP contribution is -2.35. The molecule has 0 spiro atoms. The van der Waals surface area contributed by atoms with E-state index in [0.29, 0.717) is 25.5 Å². The zero-order valence-corrected chi connectivity index (χ0v) is 35.7. The van der Waals surface area contributed by atoms with Gasteiger partial charge in [0.1, 0.15) is 27.2 Å². The third-order valence-corrected chi connectivity index (χ3v) is 12.7. The second-order valence-corrected chi connectivity index (χ2v) is 17.3. The minimum Gasteiger partial charge on any atom is -0.744 e. The number of hydrogen-bond acceptors (Lipinski definition) is 8. The van der Waals surface area contributed by atoms with Crippen LogP contribution in [0, 0.1) is 0 Å². The normalized spacial score (nSPS) is 13.4. The molecule has 0 amide bonds. The van der Waals surface area contributed by atoms with Crippen LogP contribution in [-0.2, 0) is 27.8 Å². The number of aryl methyl sites for hydroxylation is 2. The average Bonchev–Trinajstić information content (AvgIpc) is 3.82. The Morgan fingerprint density at radius 3 is 2.11 bits per heavy atom. The highest BCUT2D eigenvalue weighted by molar-refractivity contribution is 7.85. The van der Waals surface area contributed by atoms with E-state index in [2.05, 4.69) is 132 Å². The van der Waals surface area contributed by atoms with Crippen molar-refractivity contribution in [1.29, 1.82) is 0 Å². The van der Waals surface area contributed by atoms with Crippen LogP contribution in [0.1, 0.15) is 36.8 Å². The summed E-state index contributed by atoms with van der Waals surface area (Å²) in [6.07, 6.45) is 8.50. The van der Waals surface area contributed by atoms with Gasteiger partial charge in [0.05, 0.1) is 23.8 Å². The van der Waals surface area contributed by atoms with Crippen molar-refractivity contribution in [1.82, 2.24) is 0 Å². The number of aromatic nitrogens is 1. The first kappa shape index (κ1) is 41.7. The van der Waals surface area contributed by atoms with E-state index in [0.717, 1.165) is 66.2 Å². The first-order valence-corrected chi connectivity index (χ1v) is 22.9. The standard InChI is InChI=1S/C51H48N2O6S2/c1-2-38(35-51-53(29-13-12-16-39-14-6-3-7-15-39)47-37-43(22-28-49(47)60-51)41-19-10-5-11-20-41)34-50-52(46-36-42(21-27-48(46)59-50)40-17-8-4-9-18-40)30-31-57-32-33-58-44-23-25-45(26-24-44)61(54,55)56/h3-11,14-15,17-28,34-37H,2,12-13,16,29-33H2,1H3. The van der Waals surface area contributed by atoms with Gasteiger partial charge in [0.2, 0.25) is 11.4 Å². The lowest BCUT2D eigenvalue weighted by Gasteiger charge is -2.19. The number of rotatable bonds is 18. The molecule has 0 unspecified atom stereocenters. The summed E-state index contributed by atoms with van der Waals surface area (Å²) < 4.78 is 56.0. The number of allylic oxidation sites excluding steroid dienone is 2. The molecule has 310 valence electrons. The Hall–Kier alpha value is -6.04. The topological polar surface area (TPSA) is 92.0 Å². The number of ether oxygens (including phenoxy) is 3. The second kappa shape index (κ2) is 19.6. The van der Waals surface area contributed by atoms with Crippen LogP contribution in [0.25, 0.3) is 38.5 Å². The molecule has 2 heterocycles. The number of benzene rings is 6. The summed E-state index contributed by atoms with van der Waals surface area (Å²) in [6.45, 7) is 4.61. The monoisotopic (exact) mass is 848 g/mol. The summed E-state index contributed by atoms with van der Waals surface area (Å²) in [7, 11) is -4.51. The third kappa shape index (κ3) is 10.5. The van der Waals surface area contributed by atoms with E-state index in [1.807, 2.05) is 35.6 Å². The summed E-state index contributed by atoms with van der Waals surface area (Å²) in [5, 5.41) is 1.20. The van der Waals surface area contributed by atoms with Crippen molar-refractivity contribution >= 4 is 43.4 Å². The van der Waals surface area contributed by atoms with Crippen molar-refractivity contribution in [3.05, 3.63) is 180 Å². The lowest BCUT2D eigenvalue weighted by molar-refractivity contribution is -0.669. The van der Waals surface area contributed by atoms with Crippen molar-refractivity contribution in [2.45, 2.75) is 44.0 Å². The summed E-state index contributed by atoms with van der Waals surface area (Å²) in [5.74, 6) is 1.99. The molecule has 6 aromatic carbocycles. The van der Waals surface area contributed by atoms with Crippen molar-refractivity contribution in [3.8, 4) is 33.8 Å². The molecule has 0 fully saturated rings. The zero-order chi connectivity index (χ0) is 42.0. The SMILES string of the molecule is CCC(=Cc1sc2ccc(-c3ccccc3)cc2[n+]1CCCCc1ccccc1)C=C1Oc2ccc(-c3ccccc3)cc2N1CCOCCOc1ccc(S(=O)(=O)[O-])cc1. The molecule has 1 aliphatic rings. The highest BCUT2D eigenvalue weighted by Crippen LogP contribution is 2.42. The van der Waals surface area contributed by atoms with Crippen LogP contribution in [0.5, 0.6) is 11.5 Å². The molecule has 61 heavy (non-hydrogen) atoms. The number of anilines is 1. The molecular formula is C51H48N2O6S2. The molecule has 0 bridgehead atoms. The Morgan fingerprint density at radius 1 is 0.754 bits per heavy atom. The number of thiazole rings is 1. The molecule has 0 radical (unpaired) electrons. The molecule has 1 aliphatic heterocycles. The van der Waals surface area contributed by atoms with Crippen LogP contribution in [0.2, 0.25) is 0 Å². The number of unbranched alkanes of at least 4 members (excludes halogenated alkanes) is 1. The van der Waals surface area contributed by atoms with Crippen LogP contribution < -0.4 is 18.9 Å². The van der Waals surface area contributed by atoms with E-state index >= 15 is 0 Å². The quantitative estimate of drug-likeness (QED) is 0.0482. The van der Waals surface area contributed by atoms with E-state index in [1.165, 1.54) is 56.2 Å². The second-order valence-electron chi connectivity index (χ2n) is 14.8. The molecule has 0 atom stereocenters. The number of hydrogen-bond donors (Lipinski definition) is 0. The highest BCUT2D eigenvalue weighted by Gasteiger charge is 2.28. The molecule has 0 saturated heterocycles. The fourth-order valence-corrected chi connectivity index (χ4v) is 9.10. The molecule has 8 nitrogen and oxygen atoms in total. The Labute approximate surface area is 362 Å². The van der Waals surface area contributed by atoms with Crippen LogP contribution in [-0.4, -0.2) is 39.3 Å². The number of nitrogens with zero attached hydrogens (tertiary/aromatic N) is 2. The molecule has 0 N–H and O–H groups in total. The fraction of sp³-hybridized carbons (Fsp3) is 0.196. The Morgan fingerprint density at radius 2 is 1.43 bits per heavy atom. The molecule has 10 heteroatoms. The summed E-state index contributed by atoms with van der Waals surface area (Å²) >= 11 is 1.82. The van der Waals surface area contributed by atoms with Gasteiger partial charge in [0, 0.05) is 31.2 Å². The molecule has 0 saturated carbocycles. The predicted octanol–water partition coefficient (Wildman–Crippen LogP) is 11.1. The average molecular weight is 849 g/mol. The largest absolute Gasteiger partial charge is 0.744 e. The summed E-state index contributed by atoms with van der Waals surface area (Å²) in [6, 6.07) is 50.2. The maximum atomic E-state index is 11.3. The Kier molecular flexibility index (Phi) is 13.4. The van der Waals surface area contributed by atoms with Gasteiger partial charge in [-0.15, -0.1) is 0 Å². The van der Waals surface area contributed by atoms with Crippen LogP contribution >= 0.6 is 11.3 Å². The van der Waals surface area contributed by atoms with Gasteiger partial charge in [-0.05, 0) is 95.1 Å². The van der Waals surface area contributed by atoms with E-state index in [-0.39, 0.29) is 11.5 Å². The van der Waals surface area contributed by atoms with Crippen LogP contribution in [0.4, 0.5) is 5.69 Å². The summed E-state index contributed by atoms with van der Waals surface area (Å²) in [4.78, 5) is 1.89. The molecular weight excluding hydrogens is 801 g/mol. The van der Waals surface area contributed by atoms with Gasteiger partial charge in [0.25, 0.3) is 5.01 Å². The molecule has 8 rings (SSSR count). The first-order valence-electron chi connectivity index (χ1n) is 20.7. The maximum absolute atomic E-state index is 11.3. The van der Waals surface area contributed by atoms with E-state index in [9.17, 15) is 13.0 Å². The lowest BCUT2D eigenvalue weighted by atomic mass is 10.0. The minimum atomic E-state index is -4.51. The Bertz CT molecular complexity index is 2730. The van der Waals surface area contributed by atoms with Gasteiger partial charge in [-0.25, -0.2) is 8.42 Å². The van der Waals surface area contributed by atoms with E-state index in [4.69, 9.17) is 14.2 Å². The highest BCUT2D eigenvalue weighted by atomic mass is 32.2. The van der Waals surface area contributed by atoms with E-state index < -0.39 is 10.1 Å². The predicted molar refractivity (Wildman–Crippen MR) is 244 cm³/mol. The van der Waals surface area contributed by atoms with Crippen molar-refractivity contribution < 1.29 is 31.7 Å². The fourth-order valence-electron chi connectivity index (χ4n) is 7.48. The van der Waals surface area contributed by atoms with Gasteiger partial charge in [0.15, 0.2) is 12.3 Å². The van der Waals surface area contributed by atoms with Gasteiger partial charge in [-0.2, -0.15) is 4.57 Å². The van der Waals surface area contributed by atoms with Gasteiger partial charge in [-0.1, -0.05) is 121 Å². The summed E-state index contributed by atoms with van der Waals surface area (Å²) in [5.41, 5.74) is 9.37. The van der Waals surface area contributed by atoms with E-state index in [1.54, 1.807) is 0 Å². The van der Waals surface area contributed by atoms with Crippen molar-refractivity contribution in [2.75, 3.05) is 31.3 Å². The smallest absolute Gasteiger partial charge is 0.263 e. The maximum Gasteiger partial charge on any atom is 0.263 e. The molecule has 7 aromatic rings. The number of fused-ring (bicyclic) bond motifs is 2. The van der Waals surface area contributed by atoms with Gasteiger partial charge in [-0.3, -0.25) is 0 Å². The zero-order valence-electron chi connectivity index (χ0n) is 34.1. The van der Waals surface area contributed by atoms with Crippen LogP contribution in [0.3, 0.4) is 0 Å². The minimum absolute atomic E-state index is 0.258. The molecule has 1 aromatic heterocycles. The van der Waals surface area contributed by atoms with Crippen molar-refractivity contribution in [3.63, 3.8) is 0 Å². The molecule has 0 aliphatic carbocycles. The van der Waals surface area contributed by atoms with Gasteiger partial charge >= 0.3 is 0 Å².